The van der Waals surface area contributed by atoms with E-state index in [0.717, 1.165) is 18.5 Å². The van der Waals surface area contributed by atoms with Crippen LogP contribution in [0.25, 0.3) is 0 Å². The first-order valence-electron chi connectivity index (χ1n) is 8.54. The fraction of sp³-hybridized carbons (Fsp3) is 0.316. The molecule has 0 spiro atoms. The van der Waals surface area contributed by atoms with Gasteiger partial charge in [0.15, 0.2) is 0 Å². The molecule has 0 aromatic heterocycles. The first-order valence-corrected chi connectivity index (χ1v) is 10.4. The lowest BCUT2D eigenvalue weighted by atomic mass is 10.2. The standard InChI is InChI=1S/C19H23ClN2O3S/c1-2-3-15-22(17-7-5-4-6-8-17)19(23)13-14-21-26(24,25)18-11-9-16(20)10-12-18/h4-12,21H,2-3,13-15H2,1H3. The van der Waals surface area contributed by atoms with Crippen molar-refractivity contribution in [2.45, 2.75) is 31.1 Å². The normalized spacial score (nSPS) is 11.3. The summed E-state index contributed by atoms with van der Waals surface area (Å²) in [6.07, 6.45) is 1.95. The minimum atomic E-state index is -3.66. The van der Waals surface area contributed by atoms with Crippen molar-refractivity contribution < 1.29 is 13.2 Å². The summed E-state index contributed by atoms with van der Waals surface area (Å²) < 4.78 is 27.0. The number of benzene rings is 2. The molecule has 140 valence electrons. The predicted octanol–water partition coefficient (Wildman–Crippen LogP) is 3.84. The first kappa shape index (κ1) is 20.4. The molecular formula is C19H23ClN2O3S. The molecule has 0 aliphatic rings. The number of para-hydroxylation sites is 1. The number of hydrogen-bond acceptors (Lipinski definition) is 3. The van der Waals surface area contributed by atoms with Crippen LogP contribution in [0.3, 0.4) is 0 Å². The maximum atomic E-state index is 12.6. The van der Waals surface area contributed by atoms with Gasteiger partial charge in [0, 0.05) is 30.2 Å². The zero-order chi connectivity index (χ0) is 19.0. The van der Waals surface area contributed by atoms with Gasteiger partial charge >= 0.3 is 0 Å². The molecule has 0 radical (unpaired) electrons. The van der Waals surface area contributed by atoms with E-state index in [1.807, 2.05) is 30.3 Å². The third-order valence-corrected chi connectivity index (χ3v) is 5.59. The number of unbranched alkanes of at least 4 members (excludes halogenated alkanes) is 1. The number of rotatable bonds is 9. The average Bonchev–Trinajstić information content (AvgIpc) is 2.63. The molecule has 2 aromatic carbocycles. The van der Waals surface area contributed by atoms with E-state index in [1.54, 1.807) is 4.90 Å². The molecule has 0 aliphatic carbocycles. The number of carbonyl (C=O) groups is 1. The van der Waals surface area contributed by atoms with Gasteiger partial charge in [-0.15, -0.1) is 0 Å². The molecule has 0 fully saturated rings. The first-order chi connectivity index (χ1) is 12.4. The van der Waals surface area contributed by atoms with Crippen LogP contribution >= 0.6 is 11.6 Å². The molecule has 2 aromatic rings. The highest BCUT2D eigenvalue weighted by Gasteiger charge is 2.17. The van der Waals surface area contributed by atoms with Gasteiger partial charge in [-0.05, 0) is 42.8 Å². The maximum Gasteiger partial charge on any atom is 0.240 e. The van der Waals surface area contributed by atoms with Crippen molar-refractivity contribution in [3.05, 3.63) is 59.6 Å². The minimum absolute atomic E-state index is 0.0409. The number of nitrogens with zero attached hydrogens (tertiary/aromatic N) is 1. The Bertz CT molecular complexity index is 808. The largest absolute Gasteiger partial charge is 0.312 e. The van der Waals surface area contributed by atoms with Crippen molar-refractivity contribution in [2.75, 3.05) is 18.0 Å². The van der Waals surface area contributed by atoms with E-state index in [-0.39, 0.29) is 23.8 Å². The van der Waals surface area contributed by atoms with Crippen LogP contribution in [0.5, 0.6) is 0 Å². The van der Waals surface area contributed by atoms with Crippen molar-refractivity contribution in [2.24, 2.45) is 0 Å². The molecule has 0 unspecified atom stereocenters. The summed E-state index contributed by atoms with van der Waals surface area (Å²) in [5.41, 5.74) is 0.825. The van der Waals surface area contributed by atoms with Crippen molar-refractivity contribution in [1.29, 1.82) is 0 Å². The van der Waals surface area contributed by atoms with Gasteiger partial charge in [-0.2, -0.15) is 0 Å². The van der Waals surface area contributed by atoms with E-state index in [4.69, 9.17) is 11.6 Å². The van der Waals surface area contributed by atoms with Crippen molar-refractivity contribution >= 4 is 33.2 Å². The molecule has 1 N–H and O–H groups in total. The average molecular weight is 395 g/mol. The SMILES string of the molecule is CCCCN(C(=O)CCNS(=O)(=O)c1ccc(Cl)cc1)c1ccccc1. The molecule has 0 atom stereocenters. The van der Waals surface area contributed by atoms with Gasteiger partial charge in [-0.1, -0.05) is 43.1 Å². The van der Waals surface area contributed by atoms with E-state index < -0.39 is 10.0 Å². The topological polar surface area (TPSA) is 66.5 Å². The second-order valence-electron chi connectivity index (χ2n) is 5.84. The zero-order valence-corrected chi connectivity index (χ0v) is 16.3. The predicted molar refractivity (Wildman–Crippen MR) is 105 cm³/mol. The Hall–Kier alpha value is -1.89. The van der Waals surface area contributed by atoms with Crippen molar-refractivity contribution in [3.8, 4) is 0 Å². The van der Waals surface area contributed by atoms with E-state index in [9.17, 15) is 13.2 Å². The van der Waals surface area contributed by atoms with E-state index >= 15 is 0 Å². The third-order valence-electron chi connectivity index (χ3n) is 3.86. The highest BCUT2D eigenvalue weighted by atomic mass is 35.5. The van der Waals surface area contributed by atoms with Gasteiger partial charge in [0.2, 0.25) is 15.9 Å². The summed E-state index contributed by atoms with van der Waals surface area (Å²) in [4.78, 5) is 14.4. The molecule has 2 rings (SSSR count). The molecule has 7 heteroatoms. The highest BCUT2D eigenvalue weighted by molar-refractivity contribution is 7.89. The van der Waals surface area contributed by atoms with Gasteiger partial charge in [0.25, 0.3) is 0 Å². The quantitative estimate of drug-likeness (QED) is 0.702. The maximum absolute atomic E-state index is 12.6. The van der Waals surface area contributed by atoms with Crippen LogP contribution in [0.2, 0.25) is 5.02 Å². The van der Waals surface area contributed by atoms with Gasteiger partial charge in [-0.3, -0.25) is 4.79 Å². The summed E-state index contributed by atoms with van der Waals surface area (Å²) in [7, 11) is -3.66. The van der Waals surface area contributed by atoms with Crippen LogP contribution in [-0.4, -0.2) is 27.4 Å². The minimum Gasteiger partial charge on any atom is -0.312 e. The number of anilines is 1. The van der Waals surface area contributed by atoms with Gasteiger partial charge in [0.1, 0.15) is 0 Å². The Kier molecular flexibility index (Phi) is 7.63. The summed E-state index contributed by atoms with van der Waals surface area (Å²) in [6, 6.07) is 15.3. The fourth-order valence-corrected chi connectivity index (χ4v) is 3.60. The summed E-state index contributed by atoms with van der Waals surface area (Å²) in [6.45, 7) is 2.72. The highest BCUT2D eigenvalue weighted by Crippen LogP contribution is 2.16. The van der Waals surface area contributed by atoms with Crippen molar-refractivity contribution in [1.82, 2.24) is 4.72 Å². The number of carbonyl (C=O) groups excluding carboxylic acids is 1. The Morgan fingerprint density at radius 3 is 2.35 bits per heavy atom. The Labute approximate surface area is 160 Å². The Morgan fingerprint density at radius 1 is 1.08 bits per heavy atom. The molecule has 26 heavy (non-hydrogen) atoms. The van der Waals surface area contributed by atoms with E-state index in [0.29, 0.717) is 11.6 Å². The lowest BCUT2D eigenvalue weighted by molar-refractivity contribution is -0.118. The monoisotopic (exact) mass is 394 g/mol. The zero-order valence-electron chi connectivity index (χ0n) is 14.7. The lowest BCUT2D eigenvalue weighted by Crippen LogP contribution is -2.35. The van der Waals surface area contributed by atoms with Crippen LogP contribution in [0, 0.1) is 0 Å². The number of nitrogens with one attached hydrogen (secondary N) is 1. The van der Waals surface area contributed by atoms with E-state index in [2.05, 4.69) is 11.6 Å². The van der Waals surface area contributed by atoms with Crippen LogP contribution in [-0.2, 0) is 14.8 Å². The van der Waals surface area contributed by atoms with Gasteiger partial charge in [-0.25, -0.2) is 13.1 Å². The summed E-state index contributed by atoms with van der Waals surface area (Å²) >= 11 is 5.78. The number of sulfonamides is 1. The Balaban J connectivity index is 1.98. The Morgan fingerprint density at radius 2 is 1.73 bits per heavy atom. The molecule has 0 aliphatic heterocycles. The second-order valence-corrected chi connectivity index (χ2v) is 8.04. The number of hydrogen-bond donors (Lipinski definition) is 1. The van der Waals surface area contributed by atoms with Crippen molar-refractivity contribution in [3.63, 3.8) is 0 Å². The van der Waals surface area contributed by atoms with Crippen LogP contribution in [0.4, 0.5) is 5.69 Å². The fourth-order valence-electron chi connectivity index (χ4n) is 2.45. The van der Waals surface area contributed by atoms with Gasteiger partial charge < -0.3 is 4.90 Å². The molecule has 0 bridgehead atoms. The molecular weight excluding hydrogens is 372 g/mol. The van der Waals surface area contributed by atoms with Crippen LogP contribution < -0.4 is 9.62 Å². The third kappa shape index (κ3) is 5.83. The summed E-state index contributed by atoms with van der Waals surface area (Å²) in [5, 5.41) is 0.466. The smallest absolute Gasteiger partial charge is 0.240 e. The second kappa shape index (κ2) is 9.71. The van der Waals surface area contributed by atoms with Crippen LogP contribution in [0.15, 0.2) is 59.5 Å². The molecule has 0 heterocycles. The molecule has 5 nitrogen and oxygen atoms in total. The number of amides is 1. The summed E-state index contributed by atoms with van der Waals surface area (Å²) in [5.74, 6) is -0.108. The van der Waals surface area contributed by atoms with Gasteiger partial charge in [0.05, 0.1) is 4.90 Å². The molecule has 0 saturated heterocycles. The molecule has 1 amide bonds. The van der Waals surface area contributed by atoms with Crippen LogP contribution in [0.1, 0.15) is 26.2 Å². The van der Waals surface area contributed by atoms with E-state index in [1.165, 1.54) is 24.3 Å². The lowest BCUT2D eigenvalue weighted by Gasteiger charge is -2.23. The number of halogens is 1. The molecule has 0 saturated carbocycles.